The SMILES string of the molecule is COCCOCCN[C@H](CO)C(C)C. The molecule has 0 amide bonds. The quantitative estimate of drug-likeness (QED) is 0.530. The second-order valence-corrected chi connectivity index (χ2v) is 3.59. The fraction of sp³-hybridized carbons (Fsp3) is 1.00. The Hall–Kier alpha value is -0.160. The highest BCUT2D eigenvalue weighted by atomic mass is 16.5. The van der Waals surface area contributed by atoms with E-state index in [9.17, 15) is 0 Å². The number of hydrogen-bond acceptors (Lipinski definition) is 4. The first-order valence-corrected chi connectivity index (χ1v) is 5.13. The molecule has 0 saturated carbocycles. The number of rotatable bonds is 9. The summed E-state index contributed by atoms with van der Waals surface area (Å²) in [5, 5.41) is 12.2. The average Bonchev–Trinajstić information content (AvgIpc) is 2.16. The van der Waals surface area contributed by atoms with Crippen molar-refractivity contribution < 1.29 is 14.6 Å². The van der Waals surface area contributed by atoms with Crippen LogP contribution in [0.4, 0.5) is 0 Å². The summed E-state index contributed by atoms with van der Waals surface area (Å²) in [6.45, 7) is 7.03. The zero-order valence-electron chi connectivity index (χ0n) is 9.45. The molecule has 14 heavy (non-hydrogen) atoms. The molecule has 4 heteroatoms. The van der Waals surface area contributed by atoms with E-state index in [1.807, 2.05) is 0 Å². The average molecular weight is 205 g/mol. The minimum absolute atomic E-state index is 0.168. The Morgan fingerprint density at radius 3 is 2.43 bits per heavy atom. The second-order valence-electron chi connectivity index (χ2n) is 3.59. The number of aliphatic hydroxyl groups excluding tert-OH is 1. The Kier molecular flexibility index (Phi) is 9.29. The smallest absolute Gasteiger partial charge is 0.0700 e. The number of hydrogen-bond donors (Lipinski definition) is 2. The van der Waals surface area contributed by atoms with Gasteiger partial charge in [0.05, 0.1) is 26.4 Å². The maximum Gasteiger partial charge on any atom is 0.0700 e. The molecular weight excluding hydrogens is 182 g/mol. The van der Waals surface area contributed by atoms with E-state index in [-0.39, 0.29) is 12.6 Å². The summed E-state index contributed by atoms with van der Waals surface area (Å²) in [5.74, 6) is 0.443. The summed E-state index contributed by atoms with van der Waals surface area (Å²) in [5.41, 5.74) is 0. The maximum absolute atomic E-state index is 9.01. The molecule has 0 heterocycles. The first-order chi connectivity index (χ1) is 6.72. The van der Waals surface area contributed by atoms with Gasteiger partial charge in [-0.05, 0) is 5.92 Å². The highest BCUT2D eigenvalue weighted by molar-refractivity contribution is 4.68. The lowest BCUT2D eigenvalue weighted by molar-refractivity contribution is 0.0690. The van der Waals surface area contributed by atoms with E-state index in [4.69, 9.17) is 14.6 Å². The molecule has 0 fully saturated rings. The van der Waals surface area contributed by atoms with E-state index in [1.54, 1.807) is 7.11 Å². The lowest BCUT2D eigenvalue weighted by Gasteiger charge is -2.19. The molecule has 0 aliphatic heterocycles. The highest BCUT2D eigenvalue weighted by Gasteiger charge is 2.09. The fourth-order valence-electron chi connectivity index (χ4n) is 1.07. The van der Waals surface area contributed by atoms with Gasteiger partial charge in [0.25, 0.3) is 0 Å². The van der Waals surface area contributed by atoms with Crippen LogP contribution in [0.5, 0.6) is 0 Å². The van der Waals surface area contributed by atoms with Crippen molar-refractivity contribution in [3.05, 3.63) is 0 Å². The van der Waals surface area contributed by atoms with Crippen LogP contribution in [-0.2, 0) is 9.47 Å². The molecule has 4 nitrogen and oxygen atoms in total. The van der Waals surface area contributed by atoms with Crippen molar-refractivity contribution in [2.45, 2.75) is 19.9 Å². The van der Waals surface area contributed by atoms with Crippen molar-refractivity contribution in [3.63, 3.8) is 0 Å². The van der Waals surface area contributed by atoms with Crippen LogP contribution in [0.25, 0.3) is 0 Å². The van der Waals surface area contributed by atoms with Crippen LogP contribution < -0.4 is 5.32 Å². The number of aliphatic hydroxyl groups is 1. The van der Waals surface area contributed by atoms with Crippen LogP contribution in [0, 0.1) is 5.92 Å². The molecule has 0 aromatic rings. The van der Waals surface area contributed by atoms with Crippen LogP contribution in [0.1, 0.15) is 13.8 Å². The Bertz CT molecular complexity index is 120. The van der Waals surface area contributed by atoms with Gasteiger partial charge in [0.2, 0.25) is 0 Å². The molecular formula is C10H23NO3. The lowest BCUT2D eigenvalue weighted by atomic mass is 10.1. The van der Waals surface area contributed by atoms with E-state index >= 15 is 0 Å². The van der Waals surface area contributed by atoms with Gasteiger partial charge >= 0.3 is 0 Å². The normalized spacial score (nSPS) is 13.5. The molecule has 0 aromatic heterocycles. The molecule has 0 bridgehead atoms. The van der Waals surface area contributed by atoms with Gasteiger partial charge in [-0.15, -0.1) is 0 Å². The minimum atomic E-state index is 0.168. The molecule has 0 aliphatic carbocycles. The summed E-state index contributed by atoms with van der Waals surface area (Å²) >= 11 is 0. The molecule has 0 aliphatic rings. The van der Waals surface area contributed by atoms with Crippen LogP contribution in [0.2, 0.25) is 0 Å². The van der Waals surface area contributed by atoms with Gasteiger partial charge in [-0.1, -0.05) is 13.8 Å². The predicted octanol–water partition coefficient (Wildman–Crippen LogP) is 0.256. The lowest BCUT2D eigenvalue weighted by Crippen LogP contribution is -2.39. The molecule has 0 unspecified atom stereocenters. The van der Waals surface area contributed by atoms with Crippen molar-refractivity contribution in [1.29, 1.82) is 0 Å². The Balaban J connectivity index is 3.25. The van der Waals surface area contributed by atoms with Crippen LogP contribution in [0.3, 0.4) is 0 Å². The van der Waals surface area contributed by atoms with Crippen LogP contribution in [0.15, 0.2) is 0 Å². The molecule has 2 N–H and O–H groups in total. The van der Waals surface area contributed by atoms with E-state index in [0.717, 1.165) is 6.54 Å². The predicted molar refractivity (Wildman–Crippen MR) is 56.4 cm³/mol. The largest absolute Gasteiger partial charge is 0.395 e. The zero-order valence-corrected chi connectivity index (χ0v) is 9.45. The Morgan fingerprint density at radius 1 is 1.21 bits per heavy atom. The summed E-state index contributed by atoms with van der Waals surface area (Å²) in [6, 6.07) is 0.168. The summed E-state index contributed by atoms with van der Waals surface area (Å²) in [6.07, 6.45) is 0. The standard InChI is InChI=1S/C10H23NO3/c1-9(2)10(8-12)11-4-5-14-7-6-13-3/h9-12H,4-8H2,1-3H3/t10-/m1/s1. The molecule has 1 atom stereocenters. The fourth-order valence-corrected chi connectivity index (χ4v) is 1.07. The number of nitrogens with one attached hydrogen (secondary N) is 1. The summed E-state index contributed by atoms with van der Waals surface area (Å²) in [7, 11) is 1.65. The van der Waals surface area contributed by atoms with Crippen molar-refractivity contribution in [1.82, 2.24) is 5.32 Å². The number of methoxy groups -OCH3 is 1. The van der Waals surface area contributed by atoms with E-state index < -0.39 is 0 Å². The molecule has 86 valence electrons. The van der Waals surface area contributed by atoms with Crippen molar-refractivity contribution >= 4 is 0 Å². The van der Waals surface area contributed by atoms with Crippen LogP contribution in [-0.4, -0.2) is 51.2 Å². The minimum Gasteiger partial charge on any atom is -0.395 e. The topological polar surface area (TPSA) is 50.7 Å². The molecule has 0 rings (SSSR count). The third kappa shape index (κ3) is 7.26. The molecule has 0 radical (unpaired) electrons. The molecule has 0 saturated heterocycles. The van der Waals surface area contributed by atoms with Gasteiger partial charge in [-0.2, -0.15) is 0 Å². The zero-order chi connectivity index (χ0) is 10.8. The van der Waals surface area contributed by atoms with Gasteiger partial charge in [0, 0.05) is 19.7 Å². The van der Waals surface area contributed by atoms with Crippen molar-refractivity contribution in [2.24, 2.45) is 5.92 Å². The summed E-state index contributed by atoms with van der Waals surface area (Å²) < 4.78 is 10.1. The second kappa shape index (κ2) is 9.40. The van der Waals surface area contributed by atoms with Crippen molar-refractivity contribution in [3.8, 4) is 0 Å². The molecule has 0 aromatic carbocycles. The molecule has 0 spiro atoms. The summed E-state index contributed by atoms with van der Waals surface area (Å²) in [4.78, 5) is 0. The van der Waals surface area contributed by atoms with Gasteiger partial charge in [-0.25, -0.2) is 0 Å². The van der Waals surface area contributed by atoms with Gasteiger partial charge in [0.1, 0.15) is 0 Å². The van der Waals surface area contributed by atoms with Gasteiger partial charge in [-0.3, -0.25) is 0 Å². The van der Waals surface area contributed by atoms with Crippen molar-refractivity contribution in [2.75, 3.05) is 40.1 Å². The highest BCUT2D eigenvalue weighted by Crippen LogP contribution is 1.99. The first kappa shape index (κ1) is 13.8. The van der Waals surface area contributed by atoms with E-state index in [1.165, 1.54) is 0 Å². The van der Waals surface area contributed by atoms with Gasteiger partial charge in [0.15, 0.2) is 0 Å². The van der Waals surface area contributed by atoms with Gasteiger partial charge < -0.3 is 19.9 Å². The Morgan fingerprint density at radius 2 is 1.93 bits per heavy atom. The monoisotopic (exact) mass is 205 g/mol. The maximum atomic E-state index is 9.01. The first-order valence-electron chi connectivity index (χ1n) is 5.13. The third-order valence-electron chi connectivity index (χ3n) is 2.09. The van der Waals surface area contributed by atoms with E-state index in [0.29, 0.717) is 25.7 Å². The number of ether oxygens (including phenoxy) is 2. The van der Waals surface area contributed by atoms with Crippen LogP contribution >= 0.6 is 0 Å². The Labute approximate surface area is 86.6 Å². The third-order valence-corrected chi connectivity index (χ3v) is 2.09. The van der Waals surface area contributed by atoms with E-state index in [2.05, 4.69) is 19.2 Å².